The summed E-state index contributed by atoms with van der Waals surface area (Å²) >= 11 is 0. The van der Waals surface area contributed by atoms with E-state index < -0.39 is 0 Å². The van der Waals surface area contributed by atoms with Gasteiger partial charge in [-0.2, -0.15) is 5.10 Å². The molecule has 146 valence electrons. The van der Waals surface area contributed by atoms with Crippen LogP contribution in [0.2, 0.25) is 0 Å². The van der Waals surface area contributed by atoms with Crippen molar-refractivity contribution in [3.05, 3.63) is 42.4 Å². The van der Waals surface area contributed by atoms with Gasteiger partial charge in [-0.25, -0.2) is 14.6 Å². The zero-order chi connectivity index (χ0) is 18.9. The van der Waals surface area contributed by atoms with Crippen LogP contribution in [0.1, 0.15) is 37.4 Å². The van der Waals surface area contributed by atoms with Crippen LogP contribution in [-0.2, 0) is 9.47 Å². The fourth-order valence-electron chi connectivity index (χ4n) is 4.15. The van der Waals surface area contributed by atoms with Crippen molar-refractivity contribution < 1.29 is 9.47 Å². The minimum Gasteiger partial charge on any atom is -0.354 e. The van der Waals surface area contributed by atoms with E-state index >= 15 is 0 Å². The average molecular weight is 379 g/mol. The predicted molar refractivity (Wildman–Crippen MR) is 107 cm³/mol. The van der Waals surface area contributed by atoms with Crippen molar-refractivity contribution >= 4 is 16.9 Å². The Morgan fingerprint density at radius 1 is 1.07 bits per heavy atom. The van der Waals surface area contributed by atoms with Crippen molar-refractivity contribution in [2.45, 2.75) is 37.9 Å². The van der Waals surface area contributed by atoms with Crippen molar-refractivity contribution in [3.63, 3.8) is 0 Å². The Bertz CT molecular complexity index is 946. The van der Waals surface area contributed by atoms with Crippen LogP contribution in [0.25, 0.3) is 16.7 Å². The Morgan fingerprint density at radius 3 is 2.57 bits per heavy atom. The lowest BCUT2D eigenvalue weighted by atomic mass is 10.1. The van der Waals surface area contributed by atoms with Crippen LogP contribution in [0.3, 0.4) is 0 Å². The molecule has 28 heavy (non-hydrogen) atoms. The summed E-state index contributed by atoms with van der Waals surface area (Å²) in [7, 11) is 2.03. The highest BCUT2D eigenvalue weighted by atomic mass is 16.7. The van der Waals surface area contributed by atoms with Crippen LogP contribution in [0.5, 0.6) is 0 Å². The number of rotatable bonds is 5. The van der Waals surface area contributed by atoms with Crippen molar-refractivity contribution in [2.24, 2.45) is 0 Å². The van der Waals surface area contributed by atoms with Gasteiger partial charge >= 0.3 is 0 Å². The molecular formula is C21H25N5O2. The largest absolute Gasteiger partial charge is 0.354 e. The smallest absolute Gasteiger partial charge is 0.175 e. The first kappa shape index (κ1) is 17.6. The summed E-state index contributed by atoms with van der Waals surface area (Å²) in [6, 6.07) is 10.1. The third kappa shape index (κ3) is 3.25. The van der Waals surface area contributed by atoms with Crippen molar-refractivity contribution in [1.29, 1.82) is 0 Å². The molecule has 1 aliphatic heterocycles. The summed E-state index contributed by atoms with van der Waals surface area (Å²) in [6.07, 6.45) is 6.46. The van der Waals surface area contributed by atoms with E-state index in [9.17, 15) is 0 Å². The van der Waals surface area contributed by atoms with Crippen LogP contribution in [0.4, 0.5) is 5.82 Å². The van der Waals surface area contributed by atoms with E-state index in [1.54, 1.807) is 0 Å². The first-order valence-corrected chi connectivity index (χ1v) is 10.0. The van der Waals surface area contributed by atoms with E-state index in [1.807, 2.05) is 48.3 Å². The number of hydrogen-bond donors (Lipinski definition) is 0. The zero-order valence-electron chi connectivity index (χ0n) is 16.1. The maximum absolute atomic E-state index is 5.63. The third-order valence-corrected chi connectivity index (χ3v) is 5.62. The van der Waals surface area contributed by atoms with Gasteiger partial charge in [-0.1, -0.05) is 31.0 Å². The van der Waals surface area contributed by atoms with Crippen LogP contribution in [0.15, 0.2) is 36.5 Å². The molecule has 0 N–H and O–H groups in total. The number of likely N-dealkylation sites (N-methyl/N-ethyl adjacent to an activating group) is 1. The van der Waals surface area contributed by atoms with Crippen LogP contribution in [0, 0.1) is 0 Å². The second-order valence-corrected chi connectivity index (χ2v) is 7.57. The molecule has 0 atom stereocenters. The number of para-hydroxylation sites is 1. The zero-order valence-corrected chi connectivity index (χ0v) is 16.1. The van der Waals surface area contributed by atoms with Crippen molar-refractivity contribution in [1.82, 2.24) is 19.7 Å². The molecule has 0 spiro atoms. The highest BCUT2D eigenvalue weighted by Gasteiger charge is 2.26. The summed E-state index contributed by atoms with van der Waals surface area (Å²) < 4.78 is 13.2. The molecule has 0 radical (unpaired) electrons. The number of ether oxygens (including phenoxy) is 2. The molecule has 1 aliphatic carbocycles. The Hall–Kier alpha value is -2.51. The van der Waals surface area contributed by atoms with Gasteiger partial charge in [0.05, 0.1) is 37.0 Å². The Balaban J connectivity index is 1.60. The molecule has 7 heteroatoms. The molecule has 2 aromatic heterocycles. The summed E-state index contributed by atoms with van der Waals surface area (Å²) in [5.74, 6) is 2.25. The summed E-state index contributed by atoms with van der Waals surface area (Å²) in [6.45, 7) is 1.93. The van der Waals surface area contributed by atoms with Gasteiger partial charge in [0, 0.05) is 13.0 Å². The molecule has 1 saturated heterocycles. The Morgan fingerprint density at radius 2 is 1.82 bits per heavy atom. The quantitative estimate of drug-likeness (QED) is 0.678. The monoisotopic (exact) mass is 379 g/mol. The number of fused-ring (bicyclic) bond motifs is 1. The van der Waals surface area contributed by atoms with Gasteiger partial charge in [0.2, 0.25) is 0 Å². The number of anilines is 1. The van der Waals surface area contributed by atoms with Crippen LogP contribution >= 0.6 is 0 Å². The fourth-order valence-corrected chi connectivity index (χ4v) is 4.15. The predicted octanol–water partition coefficient (Wildman–Crippen LogP) is 3.28. The molecular weight excluding hydrogens is 354 g/mol. The lowest BCUT2D eigenvalue weighted by Crippen LogP contribution is -2.30. The van der Waals surface area contributed by atoms with Gasteiger partial charge in [-0.3, -0.25) is 0 Å². The summed E-state index contributed by atoms with van der Waals surface area (Å²) in [5.41, 5.74) is 1.86. The number of hydrogen-bond acceptors (Lipinski definition) is 6. The summed E-state index contributed by atoms with van der Waals surface area (Å²) in [5, 5.41) is 5.58. The molecule has 7 nitrogen and oxygen atoms in total. The minimum absolute atomic E-state index is 0.214. The normalized spacial score (nSPS) is 18.3. The molecule has 1 aromatic carbocycles. The lowest BCUT2D eigenvalue weighted by molar-refractivity contribution is -0.0336. The van der Waals surface area contributed by atoms with E-state index in [-0.39, 0.29) is 6.29 Å². The second kappa shape index (κ2) is 7.48. The molecule has 0 unspecified atom stereocenters. The first-order valence-electron chi connectivity index (χ1n) is 10.0. The van der Waals surface area contributed by atoms with Gasteiger partial charge in [-0.15, -0.1) is 0 Å². The van der Waals surface area contributed by atoms with E-state index in [4.69, 9.17) is 19.4 Å². The van der Waals surface area contributed by atoms with E-state index in [0.29, 0.717) is 25.7 Å². The third-order valence-electron chi connectivity index (χ3n) is 5.62. The molecule has 0 amide bonds. The van der Waals surface area contributed by atoms with Gasteiger partial charge in [0.15, 0.2) is 11.9 Å². The topological polar surface area (TPSA) is 65.3 Å². The van der Waals surface area contributed by atoms with Crippen LogP contribution < -0.4 is 4.90 Å². The number of benzene rings is 1. The highest BCUT2D eigenvalue weighted by molar-refractivity contribution is 5.88. The molecule has 2 fully saturated rings. The molecule has 0 bridgehead atoms. The van der Waals surface area contributed by atoms with Gasteiger partial charge < -0.3 is 14.4 Å². The van der Waals surface area contributed by atoms with Gasteiger partial charge in [-0.05, 0) is 25.0 Å². The highest BCUT2D eigenvalue weighted by Crippen LogP contribution is 2.35. The molecule has 1 saturated carbocycles. The van der Waals surface area contributed by atoms with E-state index in [1.165, 1.54) is 12.8 Å². The second-order valence-electron chi connectivity index (χ2n) is 7.57. The van der Waals surface area contributed by atoms with Gasteiger partial charge in [0.25, 0.3) is 0 Å². The Kier molecular flexibility index (Phi) is 4.70. The SMILES string of the molecule is CN(CC1OCCO1)c1nc(C2CCCC2)nc2c1cnn2-c1ccccc1. The first-order chi connectivity index (χ1) is 13.8. The minimum atomic E-state index is -0.214. The number of nitrogens with zero attached hydrogens (tertiary/aromatic N) is 5. The van der Waals surface area contributed by atoms with E-state index in [0.717, 1.165) is 41.2 Å². The molecule has 3 aromatic rings. The standard InChI is InChI=1S/C21H25N5O2/c1-25(14-18-27-11-12-28-18)20-17-13-22-26(16-9-3-2-4-10-16)21(17)24-19(23-20)15-7-5-6-8-15/h2-4,9-10,13,15,18H,5-8,11-12,14H2,1H3. The fraction of sp³-hybridized carbons (Fsp3) is 0.476. The van der Waals surface area contributed by atoms with Crippen molar-refractivity contribution in [3.8, 4) is 5.69 Å². The van der Waals surface area contributed by atoms with Gasteiger partial charge in [0.1, 0.15) is 11.6 Å². The lowest BCUT2D eigenvalue weighted by Gasteiger charge is -2.23. The maximum atomic E-state index is 5.63. The molecule has 5 rings (SSSR count). The van der Waals surface area contributed by atoms with Crippen molar-refractivity contribution in [2.75, 3.05) is 31.7 Å². The number of aromatic nitrogens is 4. The average Bonchev–Trinajstić information content (AvgIpc) is 3.49. The maximum Gasteiger partial charge on any atom is 0.175 e. The molecule has 2 aliphatic rings. The Labute approximate surface area is 164 Å². The van der Waals surface area contributed by atoms with E-state index in [2.05, 4.69) is 10.00 Å². The van der Waals surface area contributed by atoms with Crippen LogP contribution in [-0.4, -0.2) is 52.8 Å². The summed E-state index contributed by atoms with van der Waals surface area (Å²) in [4.78, 5) is 12.1. The molecule has 3 heterocycles.